The Balaban J connectivity index is 0.000000280. The number of hydrogen-bond acceptors (Lipinski definition) is 5. The lowest BCUT2D eigenvalue weighted by Gasteiger charge is -1.95. The van der Waals surface area contributed by atoms with E-state index in [0.717, 1.165) is 15.2 Å². The monoisotopic (exact) mass is 292 g/mol. The summed E-state index contributed by atoms with van der Waals surface area (Å²) in [5.74, 6) is -0.229. The van der Waals surface area contributed by atoms with Crippen LogP contribution in [0.2, 0.25) is 0 Å². The summed E-state index contributed by atoms with van der Waals surface area (Å²) in [5, 5.41) is 0.848. The number of hydrogen-bond donors (Lipinski definition) is 2. The van der Waals surface area contributed by atoms with E-state index in [-0.39, 0.29) is 11.9 Å². The molecule has 2 aromatic rings. The van der Waals surface area contributed by atoms with Gasteiger partial charge in [-0.1, -0.05) is 0 Å². The molecule has 0 saturated carbocycles. The minimum atomic E-state index is -3.67. The average molecular weight is 292 g/mol. The third-order valence-corrected chi connectivity index (χ3v) is 2.98. The van der Waals surface area contributed by atoms with Crippen molar-refractivity contribution in [1.82, 2.24) is 4.98 Å². The van der Waals surface area contributed by atoms with Gasteiger partial charge in [-0.15, -0.1) is 11.3 Å². The highest BCUT2D eigenvalue weighted by Gasteiger charge is 2.07. The van der Waals surface area contributed by atoms with Gasteiger partial charge in [0.15, 0.2) is 0 Å². The molecule has 1 heterocycles. The number of benzene rings is 1. The van der Waals surface area contributed by atoms with Crippen LogP contribution in [0.15, 0.2) is 18.2 Å². The second-order valence-electron chi connectivity index (χ2n) is 3.69. The van der Waals surface area contributed by atoms with Crippen molar-refractivity contribution in [1.29, 1.82) is 0 Å². The normalized spacial score (nSPS) is 12.9. The van der Waals surface area contributed by atoms with Crippen molar-refractivity contribution < 1.29 is 17.4 Å². The molecule has 0 aliphatic rings. The van der Waals surface area contributed by atoms with Gasteiger partial charge in [0.25, 0.3) is 10.1 Å². The Labute approximate surface area is 108 Å². The highest BCUT2D eigenvalue weighted by Crippen LogP contribution is 2.25. The Morgan fingerprint density at radius 1 is 1.50 bits per heavy atom. The molecule has 0 spiro atoms. The SMILES string of the molecule is CC(N)c1nc2ccc(F)cc2s1.CS(=O)(=O)O. The van der Waals surface area contributed by atoms with Gasteiger partial charge in [0.05, 0.1) is 22.5 Å². The van der Waals surface area contributed by atoms with E-state index in [1.165, 1.54) is 23.5 Å². The highest BCUT2D eigenvalue weighted by molar-refractivity contribution is 7.85. The topological polar surface area (TPSA) is 93.3 Å². The van der Waals surface area contributed by atoms with Crippen LogP contribution >= 0.6 is 11.3 Å². The van der Waals surface area contributed by atoms with Gasteiger partial charge in [0.1, 0.15) is 10.8 Å². The van der Waals surface area contributed by atoms with E-state index in [1.807, 2.05) is 6.92 Å². The maximum atomic E-state index is 12.8. The van der Waals surface area contributed by atoms with Crippen LogP contribution in [-0.4, -0.2) is 24.2 Å². The molecule has 1 aromatic heterocycles. The first-order valence-corrected chi connectivity index (χ1v) is 7.57. The quantitative estimate of drug-likeness (QED) is 0.784. The molecule has 0 aliphatic heterocycles. The summed E-state index contributed by atoms with van der Waals surface area (Å²) in [7, 11) is -3.67. The Bertz CT molecular complexity index is 630. The Kier molecular flexibility index (Phi) is 4.74. The van der Waals surface area contributed by atoms with E-state index >= 15 is 0 Å². The summed E-state index contributed by atoms with van der Waals surface area (Å²) >= 11 is 1.44. The zero-order valence-electron chi connectivity index (χ0n) is 9.79. The molecule has 8 heteroatoms. The van der Waals surface area contributed by atoms with E-state index in [2.05, 4.69) is 4.98 Å². The maximum absolute atomic E-state index is 12.8. The fraction of sp³-hybridized carbons (Fsp3) is 0.300. The lowest BCUT2D eigenvalue weighted by atomic mass is 10.3. The second kappa shape index (κ2) is 5.70. The molecular weight excluding hydrogens is 279 g/mol. The predicted molar refractivity (Wildman–Crippen MR) is 69.7 cm³/mol. The molecular formula is C10H13FN2O3S2. The van der Waals surface area contributed by atoms with Crippen LogP contribution in [0.5, 0.6) is 0 Å². The third kappa shape index (κ3) is 5.05. The van der Waals surface area contributed by atoms with Crippen LogP contribution in [0.1, 0.15) is 18.0 Å². The number of halogens is 1. The largest absolute Gasteiger partial charge is 0.322 e. The van der Waals surface area contributed by atoms with Gasteiger partial charge in [-0.25, -0.2) is 9.37 Å². The van der Waals surface area contributed by atoms with Crippen LogP contribution in [0, 0.1) is 5.82 Å². The standard InChI is InChI=1S/C9H9FN2S.CH4O3S/c1-5(11)9-12-7-3-2-6(10)4-8(7)13-9;1-5(2,3)4/h2-5H,11H2,1H3;1H3,(H,2,3,4). The minimum Gasteiger partial charge on any atom is -0.322 e. The van der Waals surface area contributed by atoms with E-state index < -0.39 is 10.1 Å². The van der Waals surface area contributed by atoms with Gasteiger partial charge in [0.2, 0.25) is 0 Å². The molecule has 0 bridgehead atoms. The second-order valence-corrected chi connectivity index (χ2v) is 6.21. The van der Waals surface area contributed by atoms with E-state index in [1.54, 1.807) is 6.07 Å². The van der Waals surface area contributed by atoms with Crippen molar-refractivity contribution in [3.63, 3.8) is 0 Å². The number of thiazole rings is 1. The molecule has 0 aliphatic carbocycles. The summed E-state index contributed by atoms with van der Waals surface area (Å²) in [5.41, 5.74) is 6.49. The van der Waals surface area contributed by atoms with Gasteiger partial charge < -0.3 is 5.73 Å². The molecule has 1 unspecified atom stereocenters. The first-order chi connectivity index (χ1) is 8.16. The highest BCUT2D eigenvalue weighted by atomic mass is 32.2. The molecule has 0 saturated heterocycles. The fourth-order valence-corrected chi connectivity index (χ4v) is 2.06. The first kappa shape index (κ1) is 15.0. The molecule has 2 rings (SSSR count). The van der Waals surface area contributed by atoms with Crippen LogP contribution in [0.25, 0.3) is 10.2 Å². The van der Waals surface area contributed by atoms with E-state index in [4.69, 9.17) is 10.3 Å². The fourth-order valence-electron chi connectivity index (χ4n) is 1.11. The minimum absolute atomic E-state index is 0.0829. The van der Waals surface area contributed by atoms with E-state index in [0.29, 0.717) is 6.26 Å². The summed E-state index contributed by atoms with van der Waals surface area (Å²) in [4.78, 5) is 4.28. The Hall–Kier alpha value is -1.09. The zero-order valence-corrected chi connectivity index (χ0v) is 11.4. The van der Waals surface area contributed by atoms with Gasteiger partial charge in [-0.2, -0.15) is 8.42 Å². The maximum Gasteiger partial charge on any atom is 0.261 e. The van der Waals surface area contributed by atoms with Gasteiger partial charge in [0, 0.05) is 0 Å². The molecule has 0 fully saturated rings. The smallest absolute Gasteiger partial charge is 0.261 e. The van der Waals surface area contributed by atoms with Crippen LogP contribution < -0.4 is 5.73 Å². The zero-order chi connectivity index (χ0) is 13.9. The summed E-state index contributed by atoms with van der Waals surface area (Å²) in [6.45, 7) is 1.87. The van der Waals surface area contributed by atoms with Crippen LogP contribution in [-0.2, 0) is 10.1 Å². The number of fused-ring (bicyclic) bond motifs is 1. The molecule has 18 heavy (non-hydrogen) atoms. The average Bonchev–Trinajstić information content (AvgIpc) is 2.57. The molecule has 3 N–H and O–H groups in total. The summed E-state index contributed by atoms with van der Waals surface area (Å²) < 4.78 is 39.5. The van der Waals surface area contributed by atoms with Crippen molar-refractivity contribution in [3.05, 3.63) is 29.0 Å². The van der Waals surface area contributed by atoms with Crippen molar-refractivity contribution in [2.75, 3.05) is 6.26 Å². The lowest BCUT2D eigenvalue weighted by molar-refractivity contribution is 0.490. The third-order valence-electron chi connectivity index (χ3n) is 1.76. The Morgan fingerprint density at radius 3 is 2.56 bits per heavy atom. The van der Waals surface area contributed by atoms with Crippen LogP contribution in [0.4, 0.5) is 4.39 Å². The van der Waals surface area contributed by atoms with Crippen molar-refractivity contribution in [2.24, 2.45) is 5.73 Å². The molecule has 1 atom stereocenters. The molecule has 100 valence electrons. The molecule has 0 radical (unpaired) electrons. The predicted octanol–water partition coefficient (Wildman–Crippen LogP) is 1.96. The van der Waals surface area contributed by atoms with Gasteiger partial charge in [-0.3, -0.25) is 4.55 Å². The van der Waals surface area contributed by atoms with Crippen molar-refractivity contribution >= 4 is 31.7 Å². The Morgan fingerprint density at radius 2 is 2.06 bits per heavy atom. The molecule has 0 amide bonds. The van der Waals surface area contributed by atoms with Gasteiger partial charge >= 0.3 is 0 Å². The van der Waals surface area contributed by atoms with E-state index in [9.17, 15) is 12.8 Å². The molecule has 5 nitrogen and oxygen atoms in total. The van der Waals surface area contributed by atoms with Crippen molar-refractivity contribution in [3.8, 4) is 0 Å². The number of nitrogens with zero attached hydrogens (tertiary/aromatic N) is 1. The molecule has 1 aromatic carbocycles. The number of rotatable bonds is 1. The van der Waals surface area contributed by atoms with Crippen LogP contribution in [0.3, 0.4) is 0 Å². The van der Waals surface area contributed by atoms with Gasteiger partial charge in [-0.05, 0) is 25.1 Å². The first-order valence-electron chi connectivity index (χ1n) is 4.91. The summed E-state index contributed by atoms with van der Waals surface area (Å²) in [6, 6.07) is 4.49. The lowest BCUT2D eigenvalue weighted by Crippen LogP contribution is -2.03. The van der Waals surface area contributed by atoms with Crippen molar-refractivity contribution in [2.45, 2.75) is 13.0 Å². The number of nitrogens with two attached hydrogens (primary N) is 1. The number of aromatic nitrogens is 1. The summed E-state index contributed by atoms with van der Waals surface area (Å²) in [6.07, 6.45) is 0.715.